The van der Waals surface area contributed by atoms with Gasteiger partial charge in [0.25, 0.3) is 0 Å². The maximum Gasteiger partial charge on any atom is 0.0974 e. The number of benzene rings is 2. The van der Waals surface area contributed by atoms with Crippen LogP contribution in [0.4, 0.5) is 0 Å². The lowest BCUT2D eigenvalue weighted by Crippen LogP contribution is -2.55. The molecule has 2 saturated carbocycles. The highest BCUT2D eigenvalue weighted by atomic mass is 16.5. The maximum atomic E-state index is 7.54. The topological polar surface area (TPSA) is 12.5 Å². The van der Waals surface area contributed by atoms with Gasteiger partial charge in [-0.1, -0.05) is 61.5 Å². The van der Waals surface area contributed by atoms with Crippen molar-refractivity contribution in [2.24, 2.45) is 11.3 Å². The molecular formula is C33H39NO. The Morgan fingerprint density at radius 3 is 2.69 bits per heavy atom. The molecule has 0 radical (unpaired) electrons. The first-order chi connectivity index (χ1) is 17.1. The number of fused-ring (bicyclic) bond motifs is 2. The Balaban J connectivity index is 1.15. The lowest BCUT2D eigenvalue weighted by Gasteiger charge is -2.55. The van der Waals surface area contributed by atoms with E-state index in [2.05, 4.69) is 66.4 Å². The van der Waals surface area contributed by atoms with Crippen LogP contribution in [0.3, 0.4) is 0 Å². The molecule has 6 aliphatic rings. The fourth-order valence-electron chi connectivity index (χ4n) is 9.77. The summed E-state index contributed by atoms with van der Waals surface area (Å²) in [6.45, 7) is 5.22. The maximum absolute atomic E-state index is 7.54. The van der Waals surface area contributed by atoms with E-state index in [0.29, 0.717) is 11.8 Å². The van der Waals surface area contributed by atoms with Crippen molar-refractivity contribution >= 4 is 10.8 Å². The molecule has 0 amide bonds. The quantitative estimate of drug-likeness (QED) is 0.454. The molecule has 2 aromatic rings. The van der Waals surface area contributed by atoms with E-state index in [-0.39, 0.29) is 16.6 Å². The van der Waals surface area contributed by atoms with E-state index in [1.165, 1.54) is 88.1 Å². The molecule has 8 rings (SSSR count). The summed E-state index contributed by atoms with van der Waals surface area (Å²) in [6, 6.07) is 16.8. The highest BCUT2D eigenvalue weighted by molar-refractivity contribution is 5.83. The summed E-state index contributed by atoms with van der Waals surface area (Å²) >= 11 is 0. The van der Waals surface area contributed by atoms with Gasteiger partial charge in [0.05, 0.1) is 11.2 Å². The summed E-state index contributed by atoms with van der Waals surface area (Å²) in [4.78, 5) is 2.79. The van der Waals surface area contributed by atoms with Gasteiger partial charge in [0.1, 0.15) is 0 Å². The van der Waals surface area contributed by atoms with Crippen LogP contribution in [0.25, 0.3) is 10.8 Å². The van der Waals surface area contributed by atoms with Gasteiger partial charge in [-0.25, -0.2) is 0 Å². The minimum atomic E-state index is -0.0327. The zero-order valence-electron chi connectivity index (χ0n) is 21.3. The van der Waals surface area contributed by atoms with Crippen LogP contribution in [0.15, 0.2) is 65.8 Å². The molecule has 0 N–H and O–H groups in total. The molecular weight excluding hydrogens is 426 g/mol. The van der Waals surface area contributed by atoms with Crippen LogP contribution in [-0.2, 0) is 4.74 Å². The van der Waals surface area contributed by atoms with Crippen LogP contribution < -0.4 is 0 Å². The molecule has 3 aliphatic carbocycles. The minimum Gasteiger partial charge on any atom is -0.359 e. The highest BCUT2D eigenvalue weighted by Crippen LogP contribution is 2.69. The average molecular weight is 466 g/mol. The van der Waals surface area contributed by atoms with Gasteiger partial charge in [-0.05, 0) is 122 Å². The van der Waals surface area contributed by atoms with E-state index >= 15 is 0 Å². The monoisotopic (exact) mass is 465 g/mol. The SMILES string of the molecule is C[C@]12CC=C3C=C4CC[C@@H](N5CCCC5)C[C@]45CCC3(O5)[C@@H]1CC[C@@H]2c1ccc2ccccc2c1. The molecule has 2 heteroatoms. The second-order valence-corrected chi connectivity index (χ2v) is 13.0. The lowest BCUT2D eigenvalue weighted by atomic mass is 9.58. The van der Waals surface area contributed by atoms with Gasteiger partial charge in [0.2, 0.25) is 0 Å². The summed E-state index contributed by atoms with van der Waals surface area (Å²) in [5.41, 5.74) is 5.03. The highest BCUT2D eigenvalue weighted by Gasteiger charge is 2.66. The first-order valence-corrected chi connectivity index (χ1v) is 14.4. The van der Waals surface area contributed by atoms with Crippen molar-refractivity contribution in [3.8, 4) is 0 Å². The third kappa shape index (κ3) is 2.85. The first-order valence-electron chi connectivity index (χ1n) is 14.4. The Bertz CT molecular complexity index is 1250. The van der Waals surface area contributed by atoms with Gasteiger partial charge in [-0.2, -0.15) is 0 Å². The van der Waals surface area contributed by atoms with E-state index < -0.39 is 0 Å². The number of nitrogens with zero attached hydrogens (tertiary/aromatic N) is 1. The van der Waals surface area contributed by atoms with Gasteiger partial charge < -0.3 is 9.64 Å². The molecule has 3 aliphatic heterocycles. The van der Waals surface area contributed by atoms with Crippen LogP contribution in [-0.4, -0.2) is 35.2 Å². The smallest absolute Gasteiger partial charge is 0.0974 e. The molecule has 6 atom stereocenters. The van der Waals surface area contributed by atoms with Gasteiger partial charge in [0, 0.05) is 6.04 Å². The fraction of sp³-hybridized carbons (Fsp3) is 0.576. The molecule has 2 aromatic carbocycles. The third-order valence-electron chi connectivity index (χ3n) is 11.5. The van der Waals surface area contributed by atoms with Crippen molar-refractivity contribution in [3.63, 3.8) is 0 Å². The zero-order valence-corrected chi connectivity index (χ0v) is 21.3. The van der Waals surface area contributed by atoms with E-state index in [1.54, 1.807) is 16.7 Å². The Kier molecular flexibility index (Phi) is 4.44. The second-order valence-electron chi connectivity index (χ2n) is 13.0. The molecule has 0 aromatic heterocycles. The van der Waals surface area contributed by atoms with E-state index in [9.17, 15) is 0 Å². The van der Waals surface area contributed by atoms with Crippen molar-refractivity contribution in [2.75, 3.05) is 13.1 Å². The Morgan fingerprint density at radius 2 is 1.80 bits per heavy atom. The molecule has 35 heavy (non-hydrogen) atoms. The summed E-state index contributed by atoms with van der Waals surface area (Å²) in [5.74, 6) is 1.26. The third-order valence-corrected chi connectivity index (χ3v) is 11.5. The molecule has 3 heterocycles. The fourth-order valence-corrected chi connectivity index (χ4v) is 9.77. The minimum absolute atomic E-state index is 0.0299. The largest absolute Gasteiger partial charge is 0.359 e. The number of hydrogen-bond acceptors (Lipinski definition) is 2. The van der Waals surface area contributed by atoms with E-state index in [1.807, 2.05) is 0 Å². The molecule has 4 fully saturated rings. The van der Waals surface area contributed by atoms with Gasteiger partial charge in [-0.15, -0.1) is 0 Å². The summed E-state index contributed by atoms with van der Waals surface area (Å²) in [6.07, 6.45) is 18.1. The first kappa shape index (κ1) is 21.2. The number of rotatable bonds is 2. The standard InChI is InChI=1S/C33H39NO/c1-31-15-14-27-21-26-10-11-28(34-18-4-5-19-34)22-32(26)16-17-33(27,35-32)30(31)13-12-29(31)25-9-8-23-6-2-3-7-24(23)20-25/h2-3,6-9,14,20-21,28-30H,4-5,10-13,15-19,22H2,1H3/t28-,29-,30-,31-,32-,33?/m1/s1. The summed E-state index contributed by atoms with van der Waals surface area (Å²) in [7, 11) is 0. The summed E-state index contributed by atoms with van der Waals surface area (Å²) in [5, 5.41) is 2.75. The molecule has 2 saturated heterocycles. The van der Waals surface area contributed by atoms with E-state index in [0.717, 1.165) is 6.04 Å². The molecule has 2 bridgehead atoms. The number of ether oxygens (including phenoxy) is 1. The van der Waals surface area contributed by atoms with Crippen LogP contribution in [0.2, 0.25) is 0 Å². The van der Waals surface area contributed by atoms with Gasteiger partial charge >= 0.3 is 0 Å². The predicted octanol–water partition coefficient (Wildman–Crippen LogP) is 7.55. The Labute approximate surface area is 210 Å². The predicted molar refractivity (Wildman–Crippen MR) is 143 cm³/mol. The van der Waals surface area contributed by atoms with Crippen LogP contribution in [0.5, 0.6) is 0 Å². The van der Waals surface area contributed by atoms with Crippen LogP contribution in [0, 0.1) is 11.3 Å². The van der Waals surface area contributed by atoms with Crippen molar-refractivity contribution in [2.45, 2.75) is 94.3 Å². The van der Waals surface area contributed by atoms with Crippen LogP contribution >= 0.6 is 0 Å². The zero-order chi connectivity index (χ0) is 23.3. The van der Waals surface area contributed by atoms with Crippen molar-refractivity contribution in [1.82, 2.24) is 4.90 Å². The number of hydrogen-bond donors (Lipinski definition) is 0. The Morgan fingerprint density at radius 1 is 0.943 bits per heavy atom. The van der Waals surface area contributed by atoms with Crippen molar-refractivity contribution in [3.05, 3.63) is 71.3 Å². The van der Waals surface area contributed by atoms with Gasteiger partial charge in [-0.3, -0.25) is 0 Å². The summed E-state index contributed by atoms with van der Waals surface area (Å²) < 4.78 is 7.54. The molecule has 182 valence electrons. The molecule has 2 spiro atoms. The number of allylic oxidation sites excluding steroid dienone is 1. The average Bonchev–Trinajstić information content (AvgIpc) is 3.60. The lowest BCUT2D eigenvalue weighted by molar-refractivity contribution is -0.140. The Hall–Kier alpha value is -1.90. The van der Waals surface area contributed by atoms with Crippen molar-refractivity contribution in [1.29, 1.82) is 0 Å². The molecule has 1 unspecified atom stereocenters. The van der Waals surface area contributed by atoms with Gasteiger partial charge in [0.15, 0.2) is 0 Å². The van der Waals surface area contributed by atoms with Crippen molar-refractivity contribution < 1.29 is 4.74 Å². The molecule has 2 nitrogen and oxygen atoms in total. The van der Waals surface area contributed by atoms with Crippen LogP contribution in [0.1, 0.15) is 82.6 Å². The second kappa shape index (κ2) is 7.33. The normalized spacial score (nSPS) is 42.4. The number of likely N-dealkylation sites (tertiary alicyclic amines) is 1. The van der Waals surface area contributed by atoms with E-state index in [4.69, 9.17) is 4.74 Å².